The van der Waals surface area contributed by atoms with Crippen LogP contribution in [0.3, 0.4) is 0 Å². The van der Waals surface area contributed by atoms with Crippen molar-refractivity contribution < 1.29 is 14.0 Å². The number of hydrogen-bond acceptors (Lipinski definition) is 3. The third-order valence-corrected chi connectivity index (χ3v) is 3.24. The van der Waals surface area contributed by atoms with Gasteiger partial charge in [-0.1, -0.05) is 6.08 Å². The highest BCUT2D eigenvalue weighted by Crippen LogP contribution is 2.21. The van der Waals surface area contributed by atoms with Gasteiger partial charge < -0.3 is 14.5 Å². The van der Waals surface area contributed by atoms with Gasteiger partial charge in [-0.2, -0.15) is 0 Å². The van der Waals surface area contributed by atoms with Crippen molar-refractivity contribution in [1.29, 1.82) is 0 Å². The summed E-state index contributed by atoms with van der Waals surface area (Å²) >= 11 is 0. The molecule has 0 heterocycles. The predicted molar refractivity (Wildman–Crippen MR) is 81.9 cm³/mol. The fourth-order valence-electron chi connectivity index (χ4n) is 1.77. The van der Waals surface area contributed by atoms with Crippen LogP contribution in [-0.2, 0) is 9.16 Å². The minimum Gasteiger partial charge on any atom is -0.444 e. The predicted octanol–water partition coefficient (Wildman–Crippen LogP) is 3.70. The van der Waals surface area contributed by atoms with Gasteiger partial charge in [0.15, 0.2) is 8.32 Å². The minimum atomic E-state index is -1.69. The van der Waals surface area contributed by atoms with Crippen molar-refractivity contribution in [2.24, 2.45) is 0 Å². The molecule has 0 aliphatic heterocycles. The molecule has 0 aromatic rings. The molecule has 1 amide bonds. The van der Waals surface area contributed by atoms with Gasteiger partial charge >= 0.3 is 6.09 Å². The molecule has 19 heavy (non-hydrogen) atoms. The zero-order valence-electron chi connectivity index (χ0n) is 13.4. The van der Waals surface area contributed by atoms with Crippen molar-refractivity contribution in [3.63, 3.8) is 0 Å². The van der Waals surface area contributed by atoms with E-state index in [1.807, 2.05) is 33.8 Å². The Balaban J connectivity index is 4.51. The van der Waals surface area contributed by atoms with Gasteiger partial charge in [-0.05, 0) is 53.8 Å². The van der Waals surface area contributed by atoms with Gasteiger partial charge in [-0.25, -0.2) is 4.79 Å². The van der Waals surface area contributed by atoms with E-state index in [9.17, 15) is 4.79 Å². The maximum Gasteiger partial charge on any atom is 0.407 e. The molecular formula is C14H29NO3Si. The van der Waals surface area contributed by atoms with Crippen LogP contribution in [0.2, 0.25) is 19.6 Å². The Morgan fingerprint density at radius 2 is 1.79 bits per heavy atom. The SMILES string of the molecule is C=CCC(C)(CNC(=O)OC(C)(C)C)O[Si](C)(C)C. The summed E-state index contributed by atoms with van der Waals surface area (Å²) in [5.41, 5.74) is -0.915. The summed E-state index contributed by atoms with van der Waals surface area (Å²) in [4.78, 5) is 11.7. The summed E-state index contributed by atoms with van der Waals surface area (Å²) < 4.78 is 11.4. The first-order valence-corrected chi connectivity index (χ1v) is 10.1. The summed E-state index contributed by atoms with van der Waals surface area (Å²) in [5.74, 6) is 0. The first-order valence-electron chi connectivity index (χ1n) is 6.65. The zero-order valence-corrected chi connectivity index (χ0v) is 14.4. The Kier molecular flexibility index (Phi) is 6.29. The Hall–Kier alpha value is -0.813. The molecule has 0 rings (SSSR count). The van der Waals surface area contributed by atoms with Gasteiger partial charge in [0, 0.05) is 6.54 Å². The third kappa shape index (κ3) is 9.73. The number of carbonyl (C=O) groups excluding carboxylic acids is 1. The Morgan fingerprint density at radius 1 is 1.26 bits per heavy atom. The number of nitrogens with one attached hydrogen (secondary N) is 1. The third-order valence-electron chi connectivity index (χ3n) is 2.13. The van der Waals surface area contributed by atoms with Crippen LogP contribution >= 0.6 is 0 Å². The summed E-state index contributed by atoms with van der Waals surface area (Å²) in [6.07, 6.45) is 2.09. The van der Waals surface area contributed by atoms with Crippen molar-refractivity contribution in [2.45, 2.75) is 65.0 Å². The fourth-order valence-corrected chi connectivity index (χ4v) is 3.40. The van der Waals surface area contributed by atoms with Crippen LogP contribution in [-0.4, -0.2) is 32.2 Å². The highest BCUT2D eigenvalue weighted by atomic mass is 28.4. The van der Waals surface area contributed by atoms with E-state index in [1.165, 1.54) is 0 Å². The first-order chi connectivity index (χ1) is 8.37. The molecule has 1 unspecified atom stereocenters. The van der Waals surface area contributed by atoms with E-state index >= 15 is 0 Å². The Bertz CT molecular complexity index is 318. The molecule has 5 heteroatoms. The lowest BCUT2D eigenvalue weighted by atomic mass is 10.0. The van der Waals surface area contributed by atoms with E-state index in [4.69, 9.17) is 9.16 Å². The van der Waals surface area contributed by atoms with E-state index in [1.54, 1.807) is 0 Å². The van der Waals surface area contributed by atoms with Crippen molar-refractivity contribution >= 4 is 14.4 Å². The molecule has 1 N–H and O–H groups in total. The topological polar surface area (TPSA) is 47.6 Å². The molecule has 0 aromatic carbocycles. The summed E-state index contributed by atoms with van der Waals surface area (Å²) in [6, 6.07) is 0. The molecule has 1 atom stereocenters. The first kappa shape index (κ1) is 18.2. The van der Waals surface area contributed by atoms with Gasteiger partial charge in [0.05, 0.1) is 5.60 Å². The van der Waals surface area contributed by atoms with Crippen LogP contribution in [0.25, 0.3) is 0 Å². The number of hydrogen-bond donors (Lipinski definition) is 1. The summed E-state index contributed by atoms with van der Waals surface area (Å²) in [6.45, 7) is 18.1. The average molecular weight is 287 g/mol. The van der Waals surface area contributed by atoms with Crippen LogP contribution in [0.5, 0.6) is 0 Å². The van der Waals surface area contributed by atoms with Crippen molar-refractivity contribution in [2.75, 3.05) is 6.54 Å². The van der Waals surface area contributed by atoms with Crippen LogP contribution in [0.4, 0.5) is 4.79 Å². The molecule has 0 bridgehead atoms. The molecule has 4 nitrogen and oxygen atoms in total. The van der Waals surface area contributed by atoms with Gasteiger partial charge in [-0.3, -0.25) is 0 Å². The van der Waals surface area contributed by atoms with Crippen molar-refractivity contribution in [3.8, 4) is 0 Å². The van der Waals surface area contributed by atoms with E-state index in [2.05, 4.69) is 31.5 Å². The van der Waals surface area contributed by atoms with E-state index < -0.39 is 25.6 Å². The van der Waals surface area contributed by atoms with Gasteiger partial charge in [0.2, 0.25) is 0 Å². The maximum atomic E-state index is 11.7. The molecule has 0 radical (unpaired) electrons. The number of carbonyl (C=O) groups is 1. The Labute approximate surface area is 118 Å². The highest BCUT2D eigenvalue weighted by molar-refractivity contribution is 6.69. The number of rotatable bonds is 6. The van der Waals surface area contributed by atoms with E-state index in [0.29, 0.717) is 13.0 Å². The Morgan fingerprint density at radius 3 is 2.16 bits per heavy atom. The molecule has 0 spiro atoms. The molecule has 0 saturated carbocycles. The highest BCUT2D eigenvalue weighted by Gasteiger charge is 2.31. The van der Waals surface area contributed by atoms with E-state index in [-0.39, 0.29) is 0 Å². The normalized spacial score (nSPS) is 15.5. The number of alkyl carbamates (subject to hydrolysis) is 1. The smallest absolute Gasteiger partial charge is 0.407 e. The van der Waals surface area contributed by atoms with E-state index in [0.717, 1.165) is 0 Å². The molecule has 0 aliphatic rings. The molecule has 0 aromatic heterocycles. The van der Waals surface area contributed by atoms with Crippen LogP contribution in [0.15, 0.2) is 12.7 Å². The lowest BCUT2D eigenvalue weighted by Crippen LogP contribution is -2.49. The molecule has 0 aliphatic carbocycles. The maximum absolute atomic E-state index is 11.7. The second kappa shape index (κ2) is 6.57. The van der Waals surface area contributed by atoms with Crippen LogP contribution in [0.1, 0.15) is 34.1 Å². The van der Waals surface area contributed by atoms with Crippen molar-refractivity contribution in [1.82, 2.24) is 5.32 Å². The average Bonchev–Trinajstić information content (AvgIpc) is 2.09. The van der Waals surface area contributed by atoms with Crippen LogP contribution in [0, 0.1) is 0 Å². The molecule has 0 saturated heterocycles. The minimum absolute atomic E-state index is 0.415. The summed E-state index contributed by atoms with van der Waals surface area (Å²) in [7, 11) is -1.69. The molecule has 112 valence electrons. The second-order valence-electron chi connectivity index (χ2n) is 7.01. The van der Waals surface area contributed by atoms with Crippen molar-refractivity contribution in [3.05, 3.63) is 12.7 Å². The monoisotopic (exact) mass is 287 g/mol. The van der Waals surface area contributed by atoms with Crippen LogP contribution < -0.4 is 5.32 Å². The quantitative estimate of drug-likeness (QED) is 0.598. The largest absolute Gasteiger partial charge is 0.444 e. The van der Waals surface area contributed by atoms with Gasteiger partial charge in [0.25, 0.3) is 0 Å². The van der Waals surface area contributed by atoms with Gasteiger partial charge in [0.1, 0.15) is 5.60 Å². The number of amides is 1. The summed E-state index contributed by atoms with van der Waals surface area (Å²) in [5, 5.41) is 2.78. The molecular weight excluding hydrogens is 258 g/mol. The fraction of sp³-hybridized carbons (Fsp3) is 0.786. The lowest BCUT2D eigenvalue weighted by Gasteiger charge is -2.36. The van der Waals surface area contributed by atoms with Gasteiger partial charge in [-0.15, -0.1) is 6.58 Å². The standard InChI is InChI=1S/C14H29NO3Si/c1-9-10-14(5,18-19(6,7)8)11-15-12(16)17-13(2,3)4/h9H,1,10-11H2,2-8H3,(H,15,16). The molecule has 0 fully saturated rings. The number of ether oxygens (including phenoxy) is 1. The zero-order chi connectivity index (χ0) is 15.3. The lowest BCUT2D eigenvalue weighted by molar-refractivity contribution is 0.0401. The second-order valence-corrected chi connectivity index (χ2v) is 11.4.